The molecule has 2 aliphatic rings. The number of hydrogen-bond donors (Lipinski definition) is 2. The van der Waals surface area contributed by atoms with Crippen molar-refractivity contribution in [2.24, 2.45) is 17.8 Å². The molecule has 0 radical (unpaired) electrons. The van der Waals surface area contributed by atoms with Gasteiger partial charge in [-0.15, -0.1) is 0 Å². The number of nitrogens with zero attached hydrogens (tertiary/aromatic N) is 6. The molecular weight excluding hydrogens is 268 g/mol. The molecule has 0 amide bonds. The van der Waals surface area contributed by atoms with Gasteiger partial charge in [0.05, 0.1) is 0 Å². The molecule has 21 heavy (non-hydrogen) atoms. The lowest BCUT2D eigenvalue weighted by atomic mass is 9.89. The third-order valence-electron chi connectivity index (χ3n) is 4.67. The Hall–Kier alpha value is -2.25. The highest BCUT2D eigenvalue weighted by atomic mass is 15.4. The van der Waals surface area contributed by atoms with Crippen LogP contribution in [0.1, 0.15) is 25.7 Å². The average Bonchev–Trinajstić information content (AvgIpc) is 3.21. The molecule has 3 unspecified atom stereocenters. The van der Waals surface area contributed by atoms with E-state index in [0.717, 1.165) is 24.3 Å². The van der Waals surface area contributed by atoms with Crippen LogP contribution in [0, 0.1) is 17.8 Å². The molecule has 2 fully saturated rings. The number of anilines is 2. The average molecular weight is 286 g/mol. The van der Waals surface area contributed by atoms with Crippen LogP contribution < -0.4 is 11.1 Å². The highest BCUT2D eigenvalue weighted by molar-refractivity contribution is 5.34. The van der Waals surface area contributed by atoms with Crippen LogP contribution in [-0.4, -0.2) is 36.3 Å². The van der Waals surface area contributed by atoms with Crippen molar-refractivity contribution in [3.8, 4) is 5.95 Å². The van der Waals surface area contributed by atoms with Gasteiger partial charge in [0.15, 0.2) is 0 Å². The van der Waals surface area contributed by atoms with E-state index in [1.54, 1.807) is 0 Å². The second-order valence-corrected chi connectivity index (χ2v) is 5.97. The molecule has 3 atom stereocenters. The van der Waals surface area contributed by atoms with Crippen LogP contribution in [0.15, 0.2) is 12.7 Å². The van der Waals surface area contributed by atoms with E-state index >= 15 is 0 Å². The predicted octanol–water partition coefficient (Wildman–Crippen LogP) is 0.883. The Morgan fingerprint density at radius 1 is 1.24 bits per heavy atom. The largest absolute Gasteiger partial charge is 0.368 e. The van der Waals surface area contributed by atoms with Gasteiger partial charge in [-0.1, -0.05) is 6.42 Å². The number of nitrogens with one attached hydrogen (secondary N) is 1. The van der Waals surface area contributed by atoms with Gasteiger partial charge in [0, 0.05) is 6.54 Å². The van der Waals surface area contributed by atoms with Crippen molar-refractivity contribution in [2.45, 2.75) is 25.7 Å². The Morgan fingerprint density at radius 2 is 2.19 bits per heavy atom. The molecule has 8 nitrogen and oxygen atoms in total. The minimum atomic E-state index is 0.186. The van der Waals surface area contributed by atoms with E-state index < -0.39 is 0 Å². The first-order chi connectivity index (χ1) is 10.3. The summed E-state index contributed by atoms with van der Waals surface area (Å²) in [6.45, 7) is 0.904. The van der Waals surface area contributed by atoms with E-state index in [2.05, 4.69) is 30.4 Å². The predicted molar refractivity (Wildman–Crippen MR) is 76.6 cm³/mol. The van der Waals surface area contributed by atoms with E-state index in [1.165, 1.54) is 43.0 Å². The Labute approximate surface area is 122 Å². The molecule has 8 heteroatoms. The summed E-state index contributed by atoms with van der Waals surface area (Å²) in [5.41, 5.74) is 5.75. The van der Waals surface area contributed by atoms with Gasteiger partial charge in [-0.3, -0.25) is 0 Å². The molecule has 0 saturated heterocycles. The van der Waals surface area contributed by atoms with Crippen molar-refractivity contribution in [1.82, 2.24) is 29.7 Å². The van der Waals surface area contributed by atoms with Gasteiger partial charge in [0.25, 0.3) is 5.95 Å². The lowest BCUT2D eigenvalue weighted by molar-refractivity contribution is 0.348. The number of rotatable bonds is 4. The summed E-state index contributed by atoms with van der Waals surface area (Å²) in [7, 11) is 0. The zero-order valence-electron chi connectivity index (χ0n) is 11.7. The lowest BCUT2D eigenvalue weighted by Crippen LogP contribution is -2.21. The van der Waals surface area contributed by atoms with Crippen molar-refractivity contribution in [3.05, 3.63) is 12.7 Å². The molecule has 0 aliphatic heterocycles. The standard InChI is InChI=1S/C13H18N8/c14-11-18-12(20-13(19-11)21-7-15-6-17-21)16-5-10-4-8-1-2-9(10)3-8/h6-10H,1-5H2,(H3,14,16,18,19,20). The highest BCUT2D eigenvalue weighted by Crippen LogP contribution is 2.48. The zero-order valence-corrected chi connectivity index (χ0v) is 11.7. The zero-order chi connectivity index (χ0) is 14.2. The van der Waals surface area contributed by atoms with Crippen LogP contribution in [-0.2, 0) is 0 Å². The van der Waals surface area contributed by atoms with E-state index in [4.69, 9.17) is 5.73 Å². The van der Waals surface area contributed by atoms with Crippen LogP contribution in [0.3, 0.4) is 0 Å². The molecule has 2 aliphatic carbocycles. The number of hydrogen-bond acceptors (Lipinski definition) is 7. The minimum absolute atomic E-state index is 0.186. The first-order valence-corrected chi connectivity index (χ1v) is 7.38. The normalized spacial score (nSPS) is 27.1. The van der Waals surface area contributed by atoms with Crippen LogP contribution in [0.5, 0.6) is 0 Å². The Bertz CT molecular complexity index is 625. The lowest BCUT2D eigenvalue weighted by Gasteiger charge is -2.21. The van der Waals surface area contributed by atoms with Crippen molar-refractivity contribution in [1.29, 1.82) is 0 Å². The number of nitrogen functional groups attached to an aromatic ring is 1. The van der Waals surface area contributed by atoms with E-state index in [1.807, 2.05) is 0 Å². The van der Waals surface area contributed by atoms with Crippen molar-refractivity contribution in [3.63, 3.8) is 0 Å². The number of fused-ring (bicyclic) bond motifs is 2. The molecule has 2 aromatic heterocycles. The first kappa shape index (κ1) is 12.5. The summed E-state index contributed by atoms with van der Waals surface area (Å²) in [4.78, 5) is 16.4. The molecule has 0 spiro atoms. The third-order valence-corrected chi connectivity index (χ3v) is 4.67. The quantitative estimate of drug-likeness (QED) is 0.859. The maximum Gasteiger partial charge on any atom is 0.258 e. The SMILES string of the molecule is Nc1nc(NCC2CC3CCC2C3)nc(-n2cncn2)n1. The topological polar surface area (TPSA) is 107 Å². The fourth-order valence-corrected chi connectivity index (χ4v) is 3.72. The van der Waals surface area contributed by atoms with Crippen LogP contribution in [0.2, 0.25) is 0 Å². The number of aromatic nitrogens is 6. The van der Waals surface area contributed by atoms with Gasteiger partial charge in [-0.25, -0.2) is 4.98 Å². The maximum absolute atomic E-state index is 5.75. The van der Waals surface area contributed by atoms with Gasteiger partial charge in [0.2, 0.25) is 11.9 Å². The fourth-order valence-electron chi connectivity index (χ4n) is 3.72. The smallest absolute Gasteiger partial charge is 0.258 e. The molecular formula is C13H18N8. The summed E-state index contributed by atoms with van der Waals surface area (Å²) in [5, 5.41) is 7.32. The van der Waals surface area contributed by atoms with E-state index in [9.17, 15) is 0 Å². The molecule has 110 valence electrons. The van der Waals surface area contributed by atoms with Crippen molar-refractivity contribution in [2.75, 3.05) is 17.6 Å². The molecule has 2 saturated carbocycles. The Kier molecular flexibility index (Phi) is 2.94. The molecule has 2 bridgehead atoms. The number of nitrogens with two attached hydrogens (primary N) is 1. The fraction of sp³-hybridized carbons (Fsp3) is 0.615. The van der Waals surface area contributed by atoms with E-state index in [0.29, 0.717) is 11.9 Å². The van der Waals surface area contributed by atoms with Gasteiger partial charge in [0.1, 0.15) is 12.7 Å². The minimum Gasteiger partial charge on any atom is -0.368 e. The Balaban J connectivity index is 1.47. The molecule has 0 aromatic carbocycles. The van der Waals surface area contributed by atoms with Crippen LogP contribution in [0.25, 0.3) is 5.95 Å². The summed E-state index contributed by atoms with van der Waals surface area (Å²) >= 11 is 0. The first-order valence-electron chi connectivity index (χ1n) is 7.38. The van der Waals surface area contributed by atoms with Crippen LogP contribution in [0.4, 0.5) is 11.9 Å². The van der Waals surface area contributed by atoms with E-state index in [-0.39, 0.29) is 5.95 Å². The maximum atomic E-state index is 5.75. The Morgan fingerprint density at radius 3 is 2.90 bits per heavy atom. The van der Waals surface area contributed by atoms with Gasteiger partial charge in [-0.2, -0.15) is 24.7 Å². The monoisotopic (exact) mass is 286 g/mol. The summed E-state index contributed by atoms with van der Waals surface area (Å²) in [5.74, 6) is 3.63. The van der Waals surface area contributed by atoms with Gasteiger partial charge < -0.3 is 11.1 Å². The summed E-state index contributed by atoms with van der Waals surface area (Å²) in [6, 6.07) is 0. The molecule has 2 heterocycles. The van der Waals surface area contributed by atoms with Gasteiger partial charge >= 0.3 is 0 Å². The van der Waals surface area contributed by atoms with Crippen molar-refractivity contribution < 1.29 is 0 Å². The summed E-state index contributed by atoms with van der Waals surface area (Å²) < 4.78 is 1.47. The third kappa shape index (κ3) is 2.41. The second kappa shape index (κ2) is 4.94. The molecule has 4 rings (SSSR count). The second-order valence-electron chi connectivity index (χ2n) is 5.97. The van der Waals surface area contributed by atoms with Gasteiger partial charge in [-0.05, 0) is 37.0 Å². The highest BCUT2D eigenvalue weighted by Gasteiger charge is 2.39. The van der Waals surface area contributed by atoms with Crippen LogP contribution >= 0.6 is 0 Å². The molecule has 2 aromatic rings. The summed E-state index contributed by atoms with van der Waals surface area (Å²) in [6.07, 6.45) is 8.48. The molecule has 3 N–H and O–H groups in total. The van der Waals surface area contributed by atoms with Crippen molar-refractivity contribution >= 4 is 11.9 Å².